The Hall–Kier alpha value is -2.82. The predicted molar refractivity (Wildman–Crippen MR) is 145 cm³/mol. The van der Waals surface area contributed by atoms with Gasteiger partial charge in [-0.15, -0.1) is 0 Å². The summed E-state index contributed by atoms with van der Waals surface area (Å²) in [5, 5.41) is 10.3. The van der Waals surface area contributed by atoms with Gasteiger partial charge in [-0.25, -0.2) is 4.98 Å². The minimum atomic E-state index is 0.469. The summed E-state index contributed by atoms with van der Waals surface area (Å²) in [6.07, 6.45) is 11.0. The normalized spacial score (nSPS) is 17.3. The second-order valence-corrected chi connectivity index (χ2v) is 10.3. The fraction of sp³-hybridized carbons (Fsp3) is 0.615. The van der Waals surface area contributed by atoms with Crippen molar-refractivity contribution < 1.29 is 0 Å². The second-order valence-electron chi connectivity index (χ2n) is 10.3. The number of pyridine rings is 1. The van der Waals surface area contributed by atoms with Gasteiger partial charge in [0.15, 0.2) is 17.0 Å². The van der Waals surface area contributed by atoms with Crippen LogP contribution in [0.1, 0.15) is 50.3 Å². The molecular weight excluding hydrogens is 452 g/mol. The number of piperazine rings is 1. The second kappa shape index (κ2) is 11.9. The minimum Gasteiger partial charge on any atom is -0.354 e. The van der Waals surface area contributed by atoms with Crippen LogP contribution in [-0.2, 0) is 6.54 Å². The number of anilines is 3. The Bertz CT molecular complexity index is 1100. The molecule has 4 heterocycles. The highest BCUT2D eigenvalue weighted by Gasteiger charge is 2.22. The van der Waals surface area contributed by atoms with Gasteiger partial charge in [0.05, 0.1) is 23.9 Å². The van der Waals surface area contributed by atoms with Crippen LogP contribution in [0.4, 0.5) is 17.5 Å². The van der Waals surface area contributed by atoms with E-state index in [1.165, 1.54) is 25.7 Å². The van der Waals surface area contributed by atoms with E-state index in [4.69, 9.17) is 19.9 Å². The van der Waals surface area contributed by atoms with E-state index in [0.29, 0.717) is 12.0 Å². The van der Waals surface area contributed by atoms with Gasteiger partial charge in [0.2, 0.25) is 5.95 Å². The summed E-state index contributed by atoms with van der Waals surface area (Å²) in [5.41, 5.74) is 3.70. The van der Waals surface area contributed by atoms with Gasteiger partial charge < -0.3 is 25.4 Å². The Kier molecular flexibility index (Phi) is 8.25. The molecule has 0 unspecified atom stereocenters. The molecular formula is C26H40N10. The van der Waals surface area contributed by atoms with Crippen molar-refractivity contribution in [3.63, 3.8) is 0 Å². The van der Waals surface area contributed by atoms with Crippen molar-refractivity contribution in [3.05, 3.63) is 30.4 Å². The summed E-state index contributed by atoms with van der Waals surface area (Å²) in [7, 11) is 4.22. The highest BCUT2D eigenvalue weighted by atomic mass is 15.2. The Labute approximate surface area is 213 Å². The molecule has 2 fully saturated rings. The summed E-state index contributed by atoms with van der Waals surface area (Å²) < 4.78 is 2.25. The van der Waals surface area contributed by atoms with Crippen molar-refractivity contribution in [3.8, 4) is 0 Å². The van der Waals surface area contributed by atoms with Gasteiger partial charge in [0.1, 0.15) is 0 Å². The van der Waals surface area contributed by atoms with Crippen molar-refractivity contribution >= 4 is 28.6 Å². The number of imidazole rings is 1. The smallest absolute Gasteiger partial charge is 0.226 e. The molecule has 194 valence electrons. The third-order valence-corrected chi connectivity index (χ3v) is 7.14. The maximum absolute atomic E-state index is 4.90. The fourth-order valence-electron chi connectivity index (χ4n) is 5.11. The van der Waals surface area contributed by atoms with Gasteiger partial charge in [-0.3, -0.25) is 9.88 Å². The van der Waals surface area contributed by atoms with Gasteiger partial charge >= 0.3 is 0 Å². The maximum atomic E-state index is 4.90. The van der Waals surface area contributed by atoms with Crippen LogP contribution in [-0.4, -0.2) is 87.7 Å². The first kappa shape index (κ1) is 24.9. The maximum Gasteiger partial charge on any atom is 0.226 e. The van der Waals surface area contributed by atoms with E-state index in [0.717, 1.165) is 87.0 Å². The Morgan fingerprint density at radius 3 is 2.64 bits per heavy atom. The zero-order chi connectivity index (χ0) is 24.7. The third kappa shape index (κ3) is 6.29. The first-order valence-electron chi connectivity index (χ1n) is 13.4. The summed E-state index contributed by atoms with van der Waals surface area (Å²) in [6.45, 7) is 7.03. The summed E-state index contributed by atoms with van der Waals surface area (Å²) in [6, 6.07) is 4.65. The SMILES string of the molecule is CN(C)CCCCNc1nc(Nc2ccc(CN3CCNCC3)nc2)c2ncn(C3CCCC3)c2n1. The lowest BCUT2D eigenvalue weighted by Gasteiger charge is -2.26. The lowest BCUT2D eigenvalue weighted by molar-refractivity contribution is 0.231. The van der Waals surface area contributed by atoms with Crippen LogP contribution in [0.2, 0.25) is 0 Å². The van der Waals surface area contributed by atoms with E-state index in [2.05, 4.69) is 56.5 Å². The van der Waals surface area contributed by atoms with E-state index in [1.807, 2.05) is 12.5 Å². The average molecular weight is 493 g/mol. The first-order valence-corrected chi connectivity index (χ1v) is 13.4. The van der Waals surface area contributed by atoms with Crippen LogP contribution in [0, 0.1) is 0 Å². The number of hydrogen-bond acceptors (Lipinski definition) is 9. The van der Waals surface area contributed by atoms with Gasteiger partial charge in [0.25, 0.3) is 0 Å². The molecule has 1 saturated heterocycles. The Morgan fingerprint density at radius 2 is 1.89 bits per heavy atom. The average Bonchev–Trinajstić information content (AvgIpc) is 3.56. The molecule has 1 saturated carbocycles. The fourth-order valence-corrected chi connectivity index (χ4v) is 5.11. The predicted octanol–water partition coefficient (Wildman–Crippen LogP) is 3.24. The van der Waals surface area contributed by atoms with Crippen molar-refractivity contribution in [1.29, 1.82) is 0 Å². The largest absolute Gasteiger partial charge is 0.354 e. The number of hydrogen-bond donors (Lipinski definition) is 3. The van der Waals surface area contributed by atoms with Gasteiger partial charge in [-0.1, -0.05) is 12.8 Å². The molecule has 3 aromatic rings. The van der Waals surface area contributed by atoms with Crippen molar-refractivity contribution in [2.45, 2.75) is 51.1 Å². The molecule has 0 aromatic carbocycles. The summed E-state index contributed by atoms with van der Waals surface area (Å²) in [4.78, 5) is 23.8. The van der Waals surface area contributed by atoms with E-state index >= 15 is 0 Å². The van der Waals surface area contributed by atoms with Crippen LogP contribution in [0.15, 0.2) is 24.7 Å². The van der Waals surface area contributed by atoms with E-state index in [1.54, 1.807) is 0 Å². The third-order valence-electron chi connectivity index (χ3n) is 7.14. The van der Waals surface area contributed by atoms with Crippen molar-refractivity contribution in [2.24, 2.45) is 0 Å². The highest BCUT2D eigenvalue weighted by molar-refractivity contribution is 5.86. The van der Waals surface area contributed by atoms with E-state index < -0.39 is 0 Å². The molecule has 0 atom stereocenters. The molecule has 10 heteroatoms. The van der Waals surface area contributed by atoms with Crippen LogP contribution < -0.4 is 16.0 Å². The van der Waals surface area contributed by atoms with Gasteiger partial charge in [-0.2, -0.15) is 9.97 Å². The zero-order valence-corrected chi connectivity index (χ0v) is 21.7. The molecule has 0 spiro atoms. The lowest BCUT2D eigenvalue weighted by Crippen LogP contribution is -2.43. The number of unbranched alkanes of at least 4 members (excludes halogenated alkanes) is 1. The summed E-state index contributed by atoms with van der Waals surface area (Å²) in [5.74, 6) is 1.38. The van der Waals surface area contributed by atoms with Crippen LogP contribution in [0.3, 0.4) is 0 Å². The molecule has 3 N–H and O–H groups in total. The number of rotatable bonds is 11. The molecule has 0 radical (unpaired) electrons. The molecule has 2 aliphatic rings. The quantitative estimate of drug-likeness (QED) is 0.348. The minimum absolute atomic E-state index is 0.469. The number of nitrogens with zero attached hydrogens (tertiary/aromatic N) is 7. The Morgan fingerprint density at radius 1 is 1.06 bits per heavy atom. The topological polar surface area (TPSA) is 99.1 Å². The van der Waals surface area contributed by atoms with Crippen LogP contribution in [0.25, 0.3) is 11.2 Å². The lowest BCUT2D eigenvalue weighted by atomic mass is 10.2. The van der Waals surface area contributed by atoms with Crippen molar-refractivity contribution in [1.82, 2.24) is 39.6 Å². The highest BCUT2D eigenvalue weighted by Crippen LogP contribution is 2.33. The molecule has 36 heavy (non-hydrogen) atoms. The number of nitrogens with one attached hydrogen (secondary N) is 3. The standard InChI is InChI=1S/C26H40N10/c1-34(2)14-6-5-11-28-26-32-24(23-25(33-26)36(19-30-23)22-7-3-4-8-22)31-20-9-10-21(29-17-20)18-35-15-12-27-13-16-35/h9-10,17,19,22,27H,3-8,11-16,18H2,1-2H3,(H2,28,31,32,33). The van der Waals surface area contributed by atoms with Crippen LogP contribution >= 0.6 is 0 Å². The Balaban J connectivity index is 1.33. The first-order chi connectivity index (χ1) is 17.7. The van der Waals surface area contributed by atoms with E-state index in [9.17, 15) is 0 Å². The monoisotopic (exact) mass is 492 g/mol. The number of fused-ring (bicyclic) bond motifs is 1. The summed E-state index contributed by atoms with van der Waals surface area (Å²) >= 11 is 0. The molecule has 3 aromatic heterocycles. The van der Waals surface area contributed by atoms with Gasteiger partial charge in [0, 0.05) is 45.3 Å². The molecule has 5 rings (SSSR count). The molecule has 0 bridgehead atoms. The molecule has 10 nitrogen and oxygen atoms in total. The van der Waals surface area contributed by atoms with Crippen molar-refractivity contribution in [2.75, 3.05) is 64.0 Å². The van der Waals surface area contributed by atoms with E-state index in [-0.39, 0.29) is 0 Å². The zero-order valence-electron chi connectivity index (χ0n) is 21.7. The number of aromatic nitrogens is 5. The molecule has 1 aliphatic carbocycles. The van der Waals surface area contributed by atoms with Crippen LogP contribution in [0.5, 0.6) is 0 Å². The van der Waals surface area contributed by atoms with Gasteiger partial charge in [-0.05, 0) is 58.5 Å². The molecule has 0 amide bonds. The molecule has 1 aliphatic heterocycles.